The Morgan fingerprint density at radius 1 is 1.13 bits per heavy atom. The second-order valence-electron chi connectivity index (χ2n) is 7.69. The summed E-state index contributed by atoms with van der Waals surface area (Å²) in [5.41, 5.74) is 3.11. The summed E-state index contributed by atoms with van der Waals surface area (Å²) in [5, 5.41) is 0.783. The van der Waals surface area contributed by atoms with Crippen molar-refractivity contribution in [1.29, 1.82) is 0 Å². The Kier molecular flexibility index (Phi) is 6.30. The molecular weight excluding hydrogens is 400 g/mol. The number of rotatable bonds is 6. The molecule has 5 nitrogen and oxygen atoms in total. The third-order valence-electron chi connectivity index (χ3n) is 5.75. The number of hydrogen-bond acceptors (Lipinski definition) is 5. The molecule has 4 rings (SSSR count). The maximum Gasteiger partial charge on any atom is 0.230 e. The van der Waals surface area contributed by atoms with Crippen LogP contribution in [0.2, 0.25) is 5.02 Å². The zero-order chi connectivity index (χ0) is 21.1. The van der Waals surface area contributed by atoms with Crippen molar-refractivity contribution in [2.45, 2.75) is 32.2 Å². The van der Waals surface area contributed by atoms with Crippen molar-refractivity contribution < 1.29 is 13.9 Å². The Bertz CT molecular complexity index is 1000. The van der Waals surface area contributed by atoms with Crippen molar-refractivity contribution in [2.24, 2.45) is 0 Å². The van der Waals surface area contributed by atoms with Gasteiger partial charge in [-0.05, 0) is 62.1 Å². The summed E-state index contributed by atoms with van der Waals surface area (Å²) in [7, 11) is 3.25. The van der Waals surface area contributed by atoms with Crippen molar-refractivity contribution in [3.8, 4) is 23.0 Å². The van der Waals surface area contributed by atoms with E-state index in [1.807, 2.05) is 37.3 Å². The lowest BCUT2D eigenvalue weighted by Crippen LogP contribution is -2.34. The number of aromatic nitrogens is 1. The van der Waals surface area contributed by atoms with Gasteiger partial charge < -0.3 is 13.9 Å². The molecule has 158 valence electrons. The van der Waals surface area contributed by atoms with Gasteiger partial charge in [0.1, 0.15) is 5.76 Å². The minimum atomic E-state index is 0.515. The number of hydrogen-bond donors (Lipinski definition) is 0. The molecular formula is C24H27ClN2O3. The number of nitrogens with zero attached hydrogens (tertiary/aromatic N) is 2. The van der Waals surface area contributed by atoms with E-state index in [0.29, 0.717) is 23.3 Å². The summed E-state index contributed by atoms with van der Waals surface area (Å²) >= 11 is 6.05. The van der Waals surface area contributed by atoms with E-state index in [2.05, 4.69) is 17.0 Å². The summed E-state index contributed by atoms with van der Waals surface area (Å²) in [5.74, 6) is 3.21. The SMILES string of the molecule is COc1cccc(-c2nc(CN3CCCC(c4ccc(Cl)cc4)C3)c(C)o2)c1OC. The Hall–Kier alpha value is -2.50. The van der Waals surface area contributed by atoms with Crippen molar-refractivity contribution >= 4 is 11.6 Å². The average Bonchev–Trinajstić information content (AvgIpc) is 3.13. The molecule has 1 aliphatic heterocycles. The van der Waals surface area contributed by atoms with Crippen molar-refractivity contribution in [1.82, 2.24) is 9.88 Å². The minimum Gasteiger partial charge on any atom is -0.493 e. The van der Waals surface area contributed by atoms with Gasteiger partial charge in [0, 0.05) is 18.1 Å². The van der Waals surface area contributed by atoms with Crippen LogP contribution in [-0.4, -0.2) is 37.2 Å². The van der Waals surface area contributed by atoms with Crippen LogP contribution in [0.25, 0.3) is 11.5 Å². The van der Waals surface area contributed by atoms with Gasteiger partial charge in [-0.3, -0.25) is 4.90 Å². The van der Waals surface area contributed by atoms with Gasteiger partial charge in [0.05, 0.1) is 25.5 Å². The summed E-state index contributed by atoms with van der Waals surface area (Å²) in [6.07, 6.45) is 2.36. The van der Waals surface area contributed by atoms with Gasteiger partial charge in [-0.2, -0.15) is 0 Å². The molecule has 0 saturated carbocycles. The molecule has 30 heavy (non-hydrogen) atoms. The lowest BCUT2D eigenvalue weighted by Gasteiger charge is -2.32. The maximum absolute atomic E-state index is 6.05. The first-order valence-corrected chi connectivity index (χ1v) is 10.6. The van der Waals surface area contributed by atoms with Gasteiger partial charge in [0.2, 0.25) is 5.89 Å². The fourth-order valence-electron chi connectivity index (χ4n) is 4.16. The quantitative estimate of drug-likeness (QED) is 0.506. The topological polar surface area (TPSA) is 47.7 Å². The summed E-state index contributed by atoms with van der Waals surface area (Å²) in [6.45, 7) is 4.81. The second kappa shape index (κ2) is 9.11. The summed E-state index contributed by atoms with van der Waals surface area (Å²) in [4.78, 5) is 7.26. The lowest BCUT2D eigenvalue weighted by atomic mass is 9.90. The number of para-hydroxylation sites is 1. The van der Waals surface area contributed by atoms with Gasteiger partial charge >= 0.3 is 0 Å². The summed E-state index contributed by atoms with van der Waals surface area (Å²) in [6, 6.07) is 14.0. The Labute approximate surface area is 182 Å². The highest BCUT2D eigenvalue weighted by Gasteiger charge is 2.24. The first-order valence-electron chi connectivity index (χ1n) is 10.2. The highest BCUT2D eigenvalue weighted by atomic mass is 35.5. The Morgan fingerprint density at radius 3 is 2.67 bits per heavy atom. The molecule has 0 N–H and O–H groups in total. The van der Waals surface area contributed by atoms with E-state index >= 15 is 0 Å². The van der Waals surface area contributed by atoms with Crippen LogP contribution in [0, 0.1) is 6.92 Å². The van der Waals surface area contributed by atoms with Crippen molar-refractivity contribution in [2.75, 3.05) is 27.3 Å². The maximum atomic E-state index is 6.05. The van der Waals surface area contributed by atoms with Gasteiger partial charge in [-0.15, -0.1) is 0 Å². The normalized spacial score (nSPS) is 17.1. The van der Waals surface area contributed by atoms with E-state index in [9.17, 15) is 0 Å². The molecule has 0 aliphatic carbocycles. The number of methoxy groups -OCH3 is 2. The Balaban J connectivity index is 1.52. The average molecular weight is 427 g/mol. The minimum absolute atomic E-state index is 0.515. The predicted octanol–water partition coefficient (Wildman–Crippen LogP) is 5.70. The number of halogens is 1. The molecule has 0 bridgehead atoms. The molecule has 2 heterocycles. The summed E-state index contributed by atoms with van der Waals surface area (Å²) < 4.78 is 17.0. The van der Waals surface area contributed by atoms with Crippen molar-refractivity contribution in [3.63, 3.8) is 0 Å². The molecule has 1 atom stereocenters. The number of aryl methyl sites for hydroxylation is 1. The predicted molar refractivity (Wildman–Crippen MR) is 118 cm³/mol. The molecule has 1 unspecified atom stereocenters. The highest BCUT2D eigenvalue weighted by molar-refractivity contribution is 6.30. The van der Waals surface area contributed by atoms with Crippen LogP contribution in [-0.2, 0) is 6.54 Å². The fraction of sp³-hybridized carbons (Fsp3) is 0.375. The largest absolute Gasteiger partial charge is 0.493 e. The molecule has 0 amide bonds. The van der Waals surface area contributed by atoms with E-state index in [1.54, 1.807) is 14.2 Å². The first-order chi connectivity index (χ1) is 14.6. The molecule has 0 radical (unpaired) electrons. The molecule has 3 aromatic rings. The standard InChI is InChI=1S/C24H27ClN2O3/c1-16-21(26-24(30-16)20-7-4-8-22(28-2)23(20)29-3)15-27-13-5-6-18(14-27)17-9-11-19(25)12-10-17/h4,7-12,18H,5-6,13-15H2,1-3H3. The van der Waals surface area contributed by atoms with E-state index in [4.69, 9.17) is 30.5 Å². The van der Waals surface area contributed by atoms with Gasteiger partial charge in [0.25, 0.3) is 0 Å². The number of likely N-dealkylation sites (tertiary alicyclic amines) is 1. The molecule has 1 fully saturated rings. The molecule has 1 saturated heterocycles. The van der Waals surface area contributed by atoms with Gasteiger partial charge in [0.15, 0.2) is 11.5 Å². The van der Waals surface area contributed by atoms with E-state index in [-0.39, 0.29) is 0 Å². The molecule has 6 heteroatoms. The smallest absolute Gasteiger partial charge is 0.230 e. The van der Waals surface area contributed by atoms with E-state index in [1.165, 1.54) is 18.4 Å². The lowest BCUT2D eigenvalue weighted by molar-refractivity contribution is 0.197. The third-order valence-corrected chi connectivity index (χ3v) is 6.00. The fourth-order valence-corrected chi connectivity index (χ4v) is 4.29. The number of piperidine rings is 1. The third kappa shape index (κ3) is 4.32. The molecule has 2 aromatic carbocycles. The van der Waals surface area contributed by atoms with E-state index < -0.39 is 0 Å². The van der Waals surface area contributed by atoms with Gasteiger partial charge in [-0.1, -0.05) is 29.8 Å². The molecule has 1 aromatic heterocycles. The first kappa shape index (κ1) is 20.8. The number of benzene rings is 2. The second-order valence-corrected chi connectivity index (χ2v) is 8.13. The van der Waals surface area contributed by atoms with Crippen LogP contribution in [0.1, 0.15) is 35.8 Å². The monoisotopic (exact) mass is 426 g/mol. The van der Waals surface area contributed by atoms with Crippen LogP contribution in [0.5, 0.6) is 11.5 Å². The van der Waals surface area contributed by atoms with Crippen LogP contribution >= 0.6 is 11.6 Å². The van der Waals surface area contributed by atoms with Crippen LogP contribution in [0.4, 0.5) is 0 Å². The van der Waals surface area contributed by atoms with Crippen molar-refractivity contribution in [3.05, 3.63) is 64.5 Å². The number of ether oxygens (including phenoxy) is 2. The van der Waals surface area contributed by atoms with Crippen LogP contribution in [0.15, 0.2) is 46.9 Å². The molecule has 1 aliphatic rings. The Morgan fingerprint density at radius 2 is 1.93 bits per heavy atom. The highest BCUT2D eigenvalue weighted by Crippen LogP contribution is 2.38. The number of oxazole rings is 1. The van der Waals surface area contributed by atoms with Gasteiger partial charge in [-0.25, -0.2) is 4.98 Å². The zero-order valence-electron chi connectivity index (χ0n) is 17.7. The molecule has 0 spiro atoms. The van der Waals surface area contributed by atoms with E-state index in [0.717, 1.165) is 41.7 Å². The zero-order valence-corrected chi connectivity index (χ0v) is 18.4. The van der Waals surface area contributed by atoms with Crippen LogP contribution in [0.3, 0.4) is 0 Å². The van der Waals surface area contributed by atoms with Crippen LogP contribution < -0.4 is 9.47 Å².